The van der Waals surface area contributed by atoms with Gasteiger partial charge in [0.15, 0.2) is 0 Å². The molecule has 20 heavy (non-hydrogen) atoms. The molecule has 1 N–H and O–H groups in total. The first-order valence-electron chi connectivity index (χ1n) is 7.18. The summed E-state index contributed by atoms with van der Waals surface area (Å²) in [6.45, 7) is 1.91. The second kappa shape index (κ2) is 5.37. The average molecular weight is 270 g/mol. The molecular formula is C18H19FO. The van der Waals surface area contributed by atoms with Crippen LogP contribution in [-0.4, -0.2) is 5.11 Å². The highest BCUT2D eigenvalue weighted by Crippen LogP contribution is 2.26. The zero-order chi connectivity index (χ0) is 14.1. The predicted molar refractivity (Wildman–Crippen MR) is 78.3 cm³/mol. The van der Waals surface area contributed by atoms with Gasteiger partial charge in [-0.3, -0.25) is 0 Å². The third kappa shape index (κ3) is 2.61. The van der Waals surface area contributed by atoms with Crippen LogP contribution >= 0.6 is 0 Å². The summed E-state index contributed by atoms with van der Waals surface area (Å²) < 4.78 is 13.8. The van der Waals surface area contributed by atoms with Crippen LogP contribution in [0.5, 0.6) is 0 Å². The number of aryl methyl sites for hydroxylation is 3. The van der Waals surface area contributed by atoms with E-state index in [1.807, 2.05) is 6.92 Å². The Balaban J connectivity index is 1.82. The maximum absolute atomic E-state index is 13.8. The molecule has 0 saturated heterocycles. The monoisotopic (exact) mass is 270 g/mol. The molecule has 0 heterocycles. The van der Waals surface area contributed by atoms with Crippen molar-refractivity contribution in [2.45, 2.75) is 38.7 Å². The van der Waals surface area contributed by atoms with E-state index in [0.29, 0.717) is 12.0 Å². The van der Waals surface area contributed by atoms with Crippen LogP contribution in [0.25, 0.3) is 0 Å². The Morgan fingerprint density at radius 2 is 1.90 bits per heavy atom. The molecular weight excluding hydrogens is 251 g/mol. The fourth-order valence-electron chi connectivity index (χ4n) is 3.00. The number of fused-ring (bicyclic) bond motifs is 1. The van der Waals surface area contributed by atoms with E-state index < -0.39 is 6.10 Å². The highest BCUT2D eigenvalue weighted by Gasteiger charge is 2.16. The molecule has 0 aliphatic heterocycles. The minimum Gasteiger partial charge on any atom is -0.388 e. The van der Waals surface area contributed by atoms with Gasteiger partial charge in [-0.25, -0.2) is 4.39 Å². The van der Waals surface area contributed by atoms with E-state index in [1.54, 1.807) is 12.1 Å². The summed E-state index contributed by atoms with van der Waals surface area (Å²) in [5.74, 6) is -0.329. The van der Waals surface area contributed by atoms with Crippen molar-refractivity contribution in [1.82, 2.24) is 0 Å². The Morgan fingerprint density at radius 3 is 2.75 bits per heavy atom. The summed E-state index contributed by atoms with van der Waals surface area (Å²) in [5, 5.41) is 10.3. The Kier molecular flexibility index (Phi) is 3.58. The van der Waals surface area contributed by atoms with Crippen molar-refractivity contribution in [3.63, 3.8) is 0 Å². The molecule has 2 heteroatoms. The molecule has 0 amide bonds. The molecule has 1 aliphatic rings. The highest BCUT2D eigenvalue weighted by molar-refractivity contribution is 5.36. The van der Waals surface area contributed by atoms with Crippen LogP contribution in [0.1, 0.15) is 40.3 Å². The van der Waals surface area contributed by atoms with Gasteiger partial charge < -0.3 is 5.11 Å². The summed E-state index contributed by atoms with van der Waals surface area (Å²) in [4.78, 5) is 0. The first kappa shape index (κ1) is 13.3. The average Bonchev–Trinajstić information content (AvgIpc) is 2.89. The van der Waals surface area contributed by atoms with E-state index in [-0.39, 0.29) is 5.82 Å². The molecule has 1 aliphatic carbocycles. The first-order valence-corrected chi connectivity index (χ1v) is 7.18. The van der Waals surface area contributed by atoms with Gasteiger partial charge in [0.1, 0.15) is 5.82 Å². The van der Waals surface area contributed by atoms with E-state index in [4.69, 9.17) is 0 Å². The molecule has 0 spiro atoms. The normalized spacial score (nSPS) is 15.2. The summed E-state index contributed by atoms with van der Waals surface area (Å²) in [5.41, 5.74) is 5.25. The Bertz CT molecular complexity index is 633. The molecule has 0 aromatic heterocycles. The summed E-state index contributed by atoms with van der Waals surface area (Å²) >= 11 is 0. The van der Waals surface area contributed by atoms with E-state index in [2.05, 4.69) is 18.2 Å². The molecule has 0 fully saturated rings. The standard InChI is InChI=1S/C18H19FO/c1-12-5-8-17(19)16(9-12)18(20)11-13-6-7-14-3-2-4-15(14)10-13/h5-10,18,20H,2-4,11H2,1H3. The van der Waals surface area contributed by atoms with Crippen LogP contribution in [-0.2, 0) is 19.3 Å². The minimum atomic E-state index is -0.783. The Hall–Kier alpha value is -1.67. The fourth-order valence-corrected chi connectivity index (χ4v) is 3.00. The van der Waals surface area contributed by atoms with Gasteiger partial charge in [-0.2, -0.15) is 0 Å². The van der Waals surface area contributed by atoms with E-state index in [0.717, 1.165) is 24.0 Å². The Morgan fingerprint density at radius 1 is 1.10 bits per heavy atom. The summed E-state index contributed by atoms with van der Waals surface area (Å²) in [7, 11) is 0. The van der Waals surface area contributed by atoms with Gasteiger partial charge in [0, 0.05) is 12.0 Å². The van der Waals surface area contributed by atoms with Crippen LogP contribution in [0.3, 0.4) is 0 Å². The molecule has 2 aromatic carbocycles. The first-order chi connectivity index (χ1) is 9.63. The van der Waals surface area contributed by atoms with Gasteiger partial charge in [-0.1, -0.05) is 35.9 Å². The number of aliphatic hydroxyl groups excluding tert-OH is 1. The number of rotatable bonds is 3. The molecule has 1 unspecified atom stereocenters. The number of hydrogen-bond donors (Lipinski definition) is 1. The fraction of sp³-hybridized carbons (Fsp3) is 0.333. The lowest BCUT2D eigenvalue weighted by atomic mass is 9.97. The quantitative estimate of drug-likeness (QED) is 0.897. The second-order valence-electron chi connectivity index (χ2n) is 5.70. The lowest BCUT2D eigenvalue weighted by Crippen LogP contribution is -2.05. The number of aliphatic hydroxyl groups is 1. The smallest absolute Gasteiger partial charge is 0.129 e. The van der Waals surface area contributed by atoms with Crippen molar-refractivity contribution in [3.8, 4) is 0 Å². The summed E-state index contributed by atoms with van der Waals surface area (Å²) in [6.07, 6.45) is 3.18. The number of halogens is 1. The predicted octanol–water partition coefficient (Wildman–Crippen LogP) is 3.90. The van der Waals surface area contributed by atoms with E-state index in [1.165, 1.54) is 23.6 Å². The molecule has 1 atom stereocenters. The Labute approximate surface area is 119 Å². The highest BCUT2D eigenvalue weighted by atomic mass is 19.1. The van der Waals surface area contributed by atoms with Gasteiger partial charge in [0.25, 0.3) is 0 Å². The zero-order valence-electron chi connectivity index (χ0n) is 11.7. The largest absolute Gasteiger partial charge is 0.388 e. The van der Waals surface area contributed by atoms with Crippen LogP contribution < -0.4 is 0 Å². The molecule has 2 aromatic rings. The second-order valence-corrected chi connectivity index (χ2v) is 5.70. The van der Waals surface area contributed by atoms with Gasteiger partial charge in [-0.15, -0.1) is 0 Å². The van der Waals surface area contributed by atoms with Crippen LogP contribution in [0.4, 0.5) is 4.39 Å². The number of hydrogen-bond acceptors (Lipinski definition) is 1. The summed E-state index contributed by atoms with van der Waals surface area (Å²) in [6, 6.07) is 11.3. The van der Waals surface area contributed by atoms with Gasteiger partial charge in [0.05, 0.1) is 6.10 Å². The molecule has 104 valence electrons. The maximum atomic E-state index is 13.8. The molecule has 3 rings (SSSR count). The molecule has 1 nitrogen and oxygen atoms in total. The van der Waals surface area contributed by atoms with Crippen molar-refractivity contribution in [2.75, 3.05) is 0 Å². The molecule has 0 bridgehead atoms. The van der Waals surface area contributed by atoms with Crippen molar-refractivity contribution >= 4 is 0 Å². The van der Waals surface area contributed by atoms with Crippen molar-refractivity contribution in [3.05, 3.63) is 70.0 Å². The molecule has 0 radical (unpaired) electrons. The maximum Gasteiger partial charge on any atom is 0.129 e. The zero-order valence-corrected chi connectivity index (χ0v) is 11.7. The molecule has 0 saturated carbocycles. The SMILES string of the molecule is Cc1ccc(F)c(C(O)Cc2ccc3c(c2)CCC3)c1. The van der Waals surface area contributed by atoms with Crippen LogP contribution in [0.2, 0.25) is 0 Å². The van der Waals surface area contributed by atoms with Crippen molar-refractivity contribution in [1.29, 1.82) is 0 Å². The van der Waals surface area contributed by atoms with Gasteiger partial charge in [0.2, 0.25) is 0 Å². The van der Waals surface area contributed by atoms with Crippen LogP contribution in [0, 0.1) is 12.7 Å². The third-order valence-corrected chi connectivity index (χ3v) is 4.10. The van der Waals surface area contributed by atoms with Crippen molar-refractivity contribution < 1.29 is 9.50 Å². The van der Waals surface area contributed by atoms with Crippen molar-refractivity contribution in [2.24, 2.45) is 0 Å². The third-order valence-electron chi connectivity index (χ3n) is 4.10. The van der Waals surface area contributed by atoms with Crippen LogP contribution in [0.15, 0.2) is 36.4 Å². The van der Waals surface area contributed by atoms with E-state index in [9.17, 15) is 9.50 Å². The topological polar surface area (TPSA) is 20.2 Å². The lowest BCUT2D eigenvalue weighted by molar-refractivity contribution is 0.173. The lowest BCUT2D eigenvalue weighted by Gasteiger charge is -2.14. The van der Waals surface area contributed by atoms with Gasteiger partial charge in [-0.05, 0) is 48.9 Å². The van der Waals surface area contributed by atoms with E-state index >= 15 is 0 Å². The minimum absolute atomic E-state index is 0.329. The van der Waals surface area contributed by atoms with Gasteiger partial charge >= 0.3 is 0 Å². The number of benzene rings is 2.